The second kappa shape index (κ2) is 9.29. The molecule has 1 amide bonds. The Morgan fingerprint density at radius 1 is 1.19 bits per heavy atom. The van der Waals surface area contributed by atoms with Crippen molar-refractivity contribution in [1.29, 1.82) is 0 Å². The first-order chi connectivity index (χ1) is 15.0. The maximum absolute atomic E-state index is 12.5. The van der Waals surface area contributed by atoms with Crippen LogP contribution >= 0.6 is 0 Å². The van der Waals surface area contributed by atoms with Crippen LogP contribution in [-0.4, -0.2) is 37.2 Å². The van der Waals surface area contributed by atoms with Crippen molar-refractivity contribution >= 4 is 23.3 Å². The lowest BCUT2D eigenvalue weighted by atomic mass is 10.0. The highest BCUT2D eigenvalue weighted by atomic mass is 16.5. The van der Waals surface area contributed by atoms with Crippen molar-refractivity contribution in [2.45, 2.75) is 38.6 Å². The first-order valence-electron chi connectivity index (χ1n) is 10.8. The van der Waals surface area contributed by atoms with E-state index in [-0.39, 0.29) is 11.5 Å². The SMILES string of the molecule is COc1cc(C(=O)O)ccc1CN1CCOc2ccc(NC(=O)CC3CCCC3)cc21. The molecule has 7 heteroatoms. The number of fused-ring (bicyclic) bond motifs is 1. The number of carbonyl (C=O) groups is 2. The molecule has 0 spiro atoms. The number of ether oxygens (including phenoxy) is 2. The molecule has 0 radical (unpaired) electrons. The van der Waals surface area contributed by atoms with Gasteiger partial charge in [0.15, 0.2) is 0 Å². The Kier molecular flexibility index (Phi) is 6.30. The van der Waals surface area contributed by atoms with Crippen LogP contribution in [0.3, 0.4) is 0 Å². The van der Waals surface area contributed by atoms with E-state index in [4.69, 9.17) is 9.47 Å². The molecule has 4 rings (SSSR count). The van der Waals surface area contributed by atoms with Crippen LogP contribution in [0.2, 0.25) is 0 Å². The standard InChI is InChI=1S/C24H28N2O5/c1-30-22-13-17(24(28)29)6-7-18(22)15-26-10-11-31-21-9-8-19(14-20(21)26)25-23(27)12-16-4-2-3-5-16/h6-9,13-14,16H,2-5,10-12,15H2,1H3,(H,25,27)(H,28,29). The monoisotopic (exact) mass is 424 g/mol. The Balaban J connectivity index is 1.51. The molecule has 2 aromatic carbocycles. The minimum atomic E-state index is -0.987. The molecule has 0 aromatic heterocycles. The molecule has 0 atom stereocenters. The highest BCUT2D eigenvalue weighted by Crippen LogP contribution is 2.36. The molecule has 31 heavy (non-hydrogen) atoms. The van der Waals surface area contributed by atoms with Gasteiger partial charge in [0.2, 0.25) is 5.91 Å². The molecule has 1 aliphatic carbocycles. The molecular formula is C24H28N2O5. The number of anilines is 2. The van der Waals surface area contributed by atoms with Crippen molar-refractivity contribution in [3.05, 3.63) is 47.5 Å². The number of benzene rings is 2. The number of nitrogens with one attached hydrogen (secondary N) is 1. The van der Waals surface area contributed by atoms with E-state index >= 15 is 0 Å². The highest BCUT2D eigenvalue weighted by Gasteiger charge is 2.22. The fourth-order valence-electron chi connectivity index (χ4n) is 4.42. The Morgan fingerprint density at radius 3 is 2.74 bits per heavy atom. The zero-order valence-electron chi connectivity index (χ0n) is 17.7. The lowest BCUT2D eigenvalue weighted by Gasteiger charge is -2.32. The third kappa shape index (κ3) is 4.93. The Labute approximate surface area is 182 Å². The van der Waals surface area contributed by atoms with E-state index in [1.165, 1.54) is 20.0 Å². The molecule has 1 aliphatic heterocycles. The molecule has 1 fully saturated rings. The van der Waals surface area contributed by atoms with Crippen molar-refractivity contribution in [3.8, 4) is 11.5 Å². The largest absolute Gasteiger partial charge is 0.496 e. The quantitative estimate of drug-likeness (QED) is 0.689. The molecule has 164 valence electrons. The average Bonchev–Trinajstić information content (AvgIpc) is 3.27. The Morgan fingerprint density at radius 2 is 2.00 bits per heavy atom. The van der Waals surface area contributed by atoms with Crippen LogP contribution in [0.5, 0.6) is 11.5 Å². The Bertz CT molecular complexity index is 968. The second-order valence-corrected chi connectivity index (χ2v) is 8.19. The number of nitrogens with zero attached hydrogens (tertiary/aromatic N) is 1. The van der Waals surface area contributed by atoms with Crippen LogP contribution in [0.25, 0.3) is 0 Å². The smallest absolute Gasteiger partial charge is 0.335 e. The predicted octanol–water partition coefficient (Wildman–Crippen LogP) is 4.31. The van der Waals surface area contributed by atoms with Gasteiger partial charge in [0.1, 0.15) is 18.1 Å². The summed E-state index contributed by atoms with van der Waals surface area (Å²) in [5.41, 5.74) is 2.73. The third-order valence-electron chi connectivity index (χ3n) is 6.05. The fourth-order valence-corrected chi connectivity index (χ4v) is 4.42. The summed E-state index contributed by atoms with van der Waals surface area (Å²) < 4.78 is 11.2. The van der Waals surface area contributed by atoms with E-state index in [0.29, 0.717) is 37.8 Å². The molecule has 0 unspecified atom stereocenters. The van der Waals surface area contributed by atoms with Crippen molar-refractivity contribution in [3.63, 3.8) is 0 Å². The lowest BCUT2D eigenvalue weighted by Crippen LogP contribution is -2.32. The minimum absolute atomic E-state index is 0.0565. The number of carboxylic acid groups (broad SMARTS) is 1. The van der Waals surface area contributed by atoms with Crippen LogP contribution < -0.4 is 19.7 Å². The van der Waals surface area contributed by atoms with Gasteiger partial charge in [-0.1, -0.05) is 18.9 Å². The molecule has 7 nitrogen and oxygen atoms in total. The summed E-state index contributed by atoms with van der Waals surface area (Å²) in [6.07, 6.45) is 5.30. The number of hydrogen-bond acceptors (Lipinski definition) is 5. The van der Waals surface area contributed by atoms with Gasteiger partial charge in [0, 0.05) is 24.2 Å². The summed E-state index contributed by atoms with van der Waals surface area (Å²) in [6, 6.07) is 10.6. The van der Waals surface area contributed by atoms with E-state index < -0.39 is 5.97 Å². The zero-order chi connectivity index (χ0) is 21.8. The van der Waals surface area contributed by atoms with E-state index in [2.05, 4.69) is 10.2 Å². The lowest BCUT2D eigenvalue weighted by molar-refractivity contribution is -0.117. The summed E-state index contributed by atoms with van der Waals surface area (Å²) in [6.45, 7) is 1.77. The van der Waals surface area contributed by atoms with Crippen LogP contribution in [-0.2, 0) is 11.3 Å². The Hall–Kier alpha value is -3.22. The van der Waals surface area contributed by atoms with Crippen LogP contribution in [0, 0.1) is 5.92 Å². The van der Waals surface area contributed by atoms with Gasteiger partial charge in [-0.05, 0) is 49.1 Å². The van der Waals surface area contributed by atoms with Crippen LogP contribution in [0.15, 0.2) is 36.4 Å². The number of carboxylic acids is 1. The van der Waals surface area contributed by atoms with Crippen molar-refractivity contribution in [1.82, 2.24) is 0 Å². The molecule has 0 bridgehead atoms. The number of rotatable bonds is 7. The van der Waals surface area contributed by atoms with E-state index in [1.54, 1.807) is 18.2 Å². The fraction of sp³-hybridized carbons (Fsp3) is 0.417. The number of aromatic carboxylic acids is 1. The first kappa shape index (κ1) is 21.0. The minimum Gasteiger partial charge on any atom is -0.496 e. The molecular weight excluding hydrogens is 396 g/mol. The summed E-state index contributed by atoms with van der Waals surface area (Å²) in [7, 11) is 1.54. The maximum atomic E-state index is 12.5. The first-order valence-corrected chi connectivity index (χ1v) is 10.8. The van der Waals surface area contributed by atoms with E-state index in [1.807, 2.05) is 18.2 Å². The normalized spacial score (nSPS) is 15.8. The number of hydrogen-bond donors (Lipinski definition) is 2. The van der Waals surface area contributed by atoms with E-state index in [9.17, 15) is 14.7 Å². The van der Waals surface area contributed by atoms with Gasteiger partial charge >= 0.3 is 5.97 Å². The van der Waals surface area contributed by atoms with Gasteiger partial charge in [-0.25, -0.2) is 4.79 Å². The second-order valence-electron chi connectivity index (χ2n) is 8.19. The maximum Gasteiger partial charge on any atom is 0.335 e. The van der Waals surface area contributed by atoms with Crippen molar-refractivity contribution in [2.75, 3.05) is 30.5 Å². The summed E-state index contributed by atoms with van der Waals surface area (Å²) >= 11 is 0. The summed E-state index contributed by atoms with van der Waals surface area (Å²) in [5.74, 6) is 0.870. The van der Waals surface area contributed by atoms with Gasteiger partial charge in [-0.15, -0.1) is 0 Å². The predicted molar refractivity (Wildman–Crippen MR) is 118 cm³/mol. The molecule has 1 heterocycles. The van der Waals surface area contributed by atoms with Gasteiger partial charge in [-0.3, -0.25) is 4.79 Å². The van der Waals surface area contributed by atoms with E-state index in [0.717, 1.165) is 35.5 Å². The summed E-state index contributed by atoms with van der Waals surface area (Å²) in [4.78, 5) is 25.9. The highest BCUT2D eigenvalue weighted by molar-refractivity contribution is 5.92. The molecule has 2 aromatic rings. The van der Waals surface area contributed by atoms with Crippen molar-refractivity contribution < 1.29 is 24.2 Å². The number of amides is 1. The average molecular weight is 424 g/mol. The third-order valence-corrected chi connectivity index (χ3v) is 6.05. The number of carbonyl (C=O) groups excluding carboxylic acids is 1. The van der Waals surface area contributed by atoms with Crippen molar-refractivity contribution in [2.24, 2.45) is 5.92 Å². The molecule has 1 saturated carbocycles. The summed E-state index contributed by atoms with van der Waals surface area (Å²) in [5, 5.41) is 12.3. The van der Waals surface area contributed by atoms with Gasteiger partial charge in [0.05, 0.1) is 24.9 Å². The molecule has 2 aliphatic rings. The number of methoxy groups -OCH3 is 1. The van der Waals surface area contributed by atoms with Gasteiger partial charge in [0.25, 0.3) is 0 Å². The molecule has 2 N–H and O–H groups in total. The molecule has 0 saturated heterocycles. The van der Waals surface area contributed by atoms with Crippen LogP contribution in [0.4, 0.5) is 11.4 Å². The topological polar surface area (TPSA) is 88.1 Å². The van der Waals surface area contributed by atoms with Crippen LogP contribution in [0.1, 0.15) is 48.0 Å². The zero-order valence-corrected chi connectivity index (χ0v) is 17.7. The van der Waals surface area contributed by atoms with Gasteiger partial charge in [-0.2, -0.15) is 0 Å². The van der Waals surface area contributed by atoms with Gasteiger partial charge < -0.3 is 24.8 Å².